The first kappa shape index (κ1) is 22.2. The summed E-state index contributed by atoms with van der Waals surface area (Å²) in [4.78, 5) is 35.4. The number of nitro benzene ring substituents is 1. The average Bonchev–Trinajstić information content (AvgIpc) is 3.33. The number of carbonyl (C=O) groups excluding carboxylic acids is 2. The molecule has 1 aromatic heterocycles. The summed E-state index contributed by atoms with van der Waals surface area (Å²) >= 11 is 0. The van der Waals surface area contributed by atoms with Crippen LogP contribution >= 0.6 is 0 Å². The quantitative estimate of drug-likeness (QED) is 0.128. The number of ketones is 1. The molecule has 3 aromatic carbocycles. The summed E-state index contributed by atoms with van der Waals surface area (Å²) in [5, 5.41) is 13.5. The molecule has 0 saturated carbocycles. The highest BCUT2D eigenvalue weighted by atomic mass is 16.6. The van der Waals surface area contributed by atoms with E-state index in [1.54, 1.807) is 60.7 Å². The molecule has 0 aliphatic carbocycles. The van der Waals surface area contributed by atoms with Gasteiger partial charge in [-0.25, -0.2) is 0 Å². The zero-order valence-corrected chi connectivity index (χ0v) is 17.8. The third-order valence-electron chi connectivity index (χ3n) is 4.99. The minimum atomic E-state index is -0.472. The van der Waals surface area contributed by atoms with Crippen LogP contribution in [0, 0.1) is 10.1 Å². The fourth-order valence-electron chi connectivity index (χ4n) is 3.26. The SMILES string of the molecule is Nc1ccc(NC(=O)/C=C\c2ccc(-c3ccc([N+](=O)[O-])cc3)o2)cc1C(=O)c1ccccc1. The van der Waals surface area contributed by atoms with E-state index in [1.807, 2.05) is 6.07 Å². The standard InChI is InChI=1S/C26H19N3O5/c27-23-13-8-19(16-22(23)26(31)18-4-2-1-3-5-18)28-25(30)15-12-21-11-14-24(34-21)17-6-9-20(10-7-17)29(32)33/h1-16H,27H2,(H,28,30)/b15-12-. The second-order valence-corrected chi connectivity index (χ2v) is 7.33. The Bertz CT molecular complexity index is 1390. The summed E-state index contributed by atoms with van der Waals surface area (Å²) in [7, 11) is 0. The minimum absolute atomic E-state index is 0.0107. The first-order valence-electron chi connectivity index (χ1n) is 10.2. The molecule has 34 heavy (non-hydrogen) atoms. The largest absolute Gasteiger partial charge is 0.457 e. The first-order valence-corrected chi connectivity index (χ1v) is 10.2. The van der Waals surface area contributed by atoms with Crippen molar-refractivity contribution in [1.82, 2.24) is 0 Å². The van der Waals surface area contributed by atoms with Gasteiger partial charge in [0, 0.05) is 46.3 Å². The van der Waals surface area contributed by atoms with Gasteiger partial charge in [-0.3, -0.25) is 19.7 Å². The number of rotatable bonds is 7. The second kappa shape index (κ2) is 9.66. The Kier molecular flexibility index (Phi) is 6.31. The van der Waals surface area contributed by atoms with E-state index in [4.69, 9.17) is 10.2 Å². The Balaban J connectivity index is 1.43. The van der Waals surface area contributed by atoms with E-state index >= 15 is 0 Å². The molecular formula is C26H19N3O5. The van der Waals surface area contributed by atoms with Gasteiger partial charge in [0.1, 0.15) is 11.5 Å². The van der Waals surface area contributed by atoms with Gasteiger partial charge in [-0.1, -0.05) is 30.3 Å². The van der Waals surface area contributed by atoms with Gasteiger partial charge in [0.15, 0.2) is 5.78 Å². The number of nitrogens with two attached hydrogens (primary N) is 1. The maximum Gasteiger partial charge on any atom is 0.269 e. The predicted octanol–water partition coefficient (Wildman–Crippen LogP) is 5.32. The third kappa shape index (κ3) is 5.08. The van der Waals surface area contributed by atoms with Crippen LogP contribution in [0.2, 0.25) is 0 Å². The maximum absolute atomic E-state index is 12.7. The minimum Gasteiger partial charge on any atom is -0.457 e. The Labute approximate surface area is 194 Å². The van der Waals surface area contributed by atoms with Gasteiger partial charge in [0.2, 0.25) is 5.91 Å². The maximum atomic E-state index is 12.7. The molecule has 0 aliphatic rings. The number of carbonyl (C=O) groups is 2. The number of nitrogen functional groups attached to an aromatic ring is 1. The zero-order chi connectivity index (χ0) is 24.1. The van der Waals surface area contributed by atoms with Crippen molar-refractivity contribution in [2.24, 2.45) is 0 Å². The van der Waals surface area contributed by atoms with Crippen molar-refractivity contribution >= 4 is 34.8 Å². The molecule has 0 aliphatic heterocycles. The second-order valence-electron chi connectivity index (χ2n) is 7.33. The summed E-state index contributed by atoms with van der Waals surface area (Å²) in [5.41, 5.74) is 8.17. The molecule has 4 aromatic rings. The molecule has 8 heteroatoms. The van der Waals surface area contributed by atoms with Crippen molar-refractivity contribution < 1.29 is 18.9 Å². The fourth-order valence-corrected chi connectivity index (χ4v) is 3.26. The smallest absolute Gasteiger partial charge is 0.269 e. The highest BCUT2D eigenvalue weighted by molar-refractivity contribution is 6.13. The fraction of sp³-hybridized carbons (Fsp3) is 0. The van der Waals surface area contributed by atoms with Crippen LogP contribution in [0.15, 0.2) is 95.4 Å². The van der Waals surface area contributed by atoms with Gasteiger partial charge in [-0.15, -0.1) is 0 Å². The monoisotopic (exact) mass is 453 g/mol. The van der Waals surface area contributed by atoms with Gasteiger partial charge in [-0.2, -0.15) is 0 Å². The van der Waals surface area contributed by atoms with Crippen LogP contribution in [0.4, 0.5) is 17.1 Å². The highest BCUT2D eigenvalue weighted by Gasteiger charge is 2.13. The molecule has 8 nitrogen and oxygen atoms in total. The van der Waals surface area contributed by atoms with E-state index in [0.29, 0.717) is 39.6 Å². The van der Waals surface area contributed by atoms with Crippen LogP contribution in [-0.2, 0) is 4.79 Å². The van der Waals surface area contributed by atoms with Crippen LogP contribution in [0.25, 0.3) is 17.4 Å². The van der Waals surface area contributed by atoms with Crippen molar-refractivity contribution in [2.45, 2.75) is 0 Å². The summed E-state index contributed by atoms with van der Waals surface area (Å²) in [6.45, 7) is 0. The number of nitro groups is 1. The van der Waals surface area contributed by atoms with Crippen LogP contribution in [-0.4, -0.2) is 16.6 Å². The summed E-state index contributed by atoms with van der Waals surface area (Å²) in [5.74, 6) is 0.286. The molecule has 0 fully saturated rings. The number of nitrogens with zero attached hydrogens (tertiary/aromatic N) is 1. The number of benzene rings is 3. The van der Waals surface area contributed by atoms with Crippen LogP contribution < -0.4 is 11.1 Å². The van der Waals surface area contributed by atoms with Crippen LogP contribution in [0.1, 0.15) is 21.7 Å². The van der Waals surface area contributed by atoms with Crippen LogP contribution in [0.5, 0.6) is 0 Å². The number of hydrogen-bond acceptors (Lipinski definition) is 6. The van der Waals surface area contributed by atoms with E-state index < -0.39 is 10.8 Å². The Morgan fingerprint density at radius 1 is 0.941 bits per heavy atom. The van der Waals surface area contributed by atoms with Gasteiger partial charge >= 0.3 is 0 Å². The number of hydrogen-bond donors (Lipinski definition) is 2. The average molecular weight is 453 g/mol. The van der Waals surface area contributed by atoms with Crippen LogP contribution in [0.3, 0.4) is 0 Å². The molecule has 0 spiro atoms. The third-order valence-corrected chi connectivity index (χ3v) is 4.99. The summed E-state index contributed by atoms with van der Waals surface area (Å²) in [6, 6.07) is 22.8. The first-order chi connectivity index (χ1) is 16.4. The molecular weight excluding hydrogens is 434 g/mol. The normalized spacial score (nSPS) is 10.8. The molecule has 1 heterocycles. The number of nitrogens with one attached hydrogen (secondary N) is 1. The van der Waals surface area contributed by atoms with Crippen molar-refractivity contribution in [2.75, 3.05) is 11.1 Å². The van der Waals surface area contributed by atoms with Gasteiger partial charge in [0.25, 0.3) is 5.69 Å². The predicted molar refractivity (Wildman–Crippen MR) is 129 cm³/mol. The Morgan fingerprint density at radius 3 is 2.38 bits per heavy atom. The Morgan fingerprint density at radius 2 is 1.68 bits per heavy atom. The molecule has 0 unspecified atom stereocenters. The van der Waals surface area contributed by atoms with E-state index in [0.717, 1.165) is 0 Å². The topological polar surface area (TPSA) is 128 Å². The molecule has 0 atom stereocenters. The van der Waals surface area contributed by atoms with Gasteiger partial charge < -0.3 is 15.5 Å². The highest BCUT2D eigenvalue weighted by Crippen LogP contribution is 2.25. The number of amides is 1. The van der Waals surface area contributed by atoms with Gasteiger partial charge in [0.05, 0.1) is 4.92 Å². The number of furan rings is 1. The molecule has 0 saturated heterocycles. The van der Waals surface area contributed by atoms with Crippen molar-refractivity contribution in [3.05, 3.63) is 118 Å². The van der Waals surface area contributed by atoms with E-state index in [1.165, 1.54) is 30.4 Å². The molecule has 168 valence electrons. The lowest BCUT2D eigenvalue weighted by Crippen LogP contribution is -2.10. The zero-order valence-electron chi connectivity index (χ0n) is 17.8. The van der Waals surface area contributed by atoms with E-state index in [2.05, 4.69) is 5.32 Å². The van der Waals surface area contributed by atoms with Crippen molar-refractivity contribution in [3.63, 3.8) is 0 Å². The number of non-ortho nitro benzene ring substituents is 1. The lowest BCUT2D eigenvalue weighted by Gasteiger charge is -2.08. The van der Waals surface area contributed by atoms with Gasteiger partial charge in [-0.05, 0) is 48.5 Å². The summed E-state index contributed by atoms with van der Waals surface area (Å²) in [6.07, 6.45) is 2.80. The lowest BCUT2D eigenvalue weighted by atomic mass is 10.0. The molecule has 3 N–H and O–H groups in total. The lowest BCUT2D eigenvalue weighted by molar-refractivity contribution is -0.384. The molecule has 0 bridgehead atoms. The van der Waals surface area contributed by atoms with E-state index in [9.17, 15) is 19.7 Å². The van der Waals surface area contributed by atoms with E-state index in [-0.39, 0.29) is 11.5 Å². The van der Waals surface area contributed by atoms with Crippen molar-refractivity contribution in [3.8, 4) is 11.3 Å². The molecule has 0 radical (unpaired) electrons. The summed E-state index contributed by atoms with van der Waals surface area (Å²) < 4.78 is 5.69. The molecule has 1 amide bonds. The number of anilines is 2. The molecule has 4 rings (SSSR count). The Hall–Kier alpha value is -4.98. The van der Waals surface area contributed by atoms with Crippen molar-refractivity contribution in [1.29, 1.82) is 0 Å².